The summed E-state index contributed by atoms with van der Waals surface area (Å²) >= 11 is 0. The Hall–Kier alpha value is -1.98. The smallest absolute Gasteiger partial charge is 0.250 e. The monoisotopic (exact) mass is 274 g/mol. The quantitative estimate of drug-likeness (QED) is 0.806. The van der Waals surface area contributed by atoms with Crippen LogP contribution in [0.3, 0.4) is 0 Å². The fourth-order valence-corrected chi connectivity index (χ4v) is 3.15. The number of anilines is 1. The summed E-state index contributed by atoms with van der Waals surface area (Å²) in [4.78, 5) is 36.6. The van der Waals surface area contributed by atoms with E-state index in [-0.39, 0.29) is 17.9 Å². The molecule has 0 aromatic carbocycles. The molecule has 0 radical (unpaired) electrons. The minimum absolute atomic E-state index is 0.00551. The molecule has 0 spiro atoms. The maximum Gasteiger partial charge on any atom is 0.250 e. The van der Waals surface area contributed by atoms with Crippen molar-refractivity contribution in [3.05, 3.63) is 18.7 Å². The van der Waals surface area contributed by atoms with Crippen molar-refractivity contribution in [2.45, 2.75) is 44.7 Å². The lowest BCUT2D eigenvalue weighted by atomic mass is 9.94. The first kappa shape index (κ1) is 13.0. The fourth-order valence-electron chi connectivity index (χ4n) is 3.15. The summed E-state index contributed by atoms with van der Waals surface area (Å²) in [6, 6.07) is -0.734. The molecule has 2 saturated heterocycles. The zero-order valence-electron chi connectivity index (χ0n) is 11.5. The van der Waals surface area contributed by atoms with Crippen LogP contribution in [0.15, 0.2) is 18.7 Å². The summed E-state index contributed by atoms with van der Waals surface area (Å²) in [5, 5.41) is 0. The minimum atomic E-state index is -0.428. The van der Waals surface area contributed by atoms with Crippen molar-refractivity contribution in [1.29, 1.82) is 0 Å². The predicted molar refractivity (Wildman–Crippen MR) is 72.9 cm³/mol. The van der Waals surface area contributed by atoms with Gasteiger partial charge in [-0.3, -0.25) is 14.5 Å². The van der Waals surface area contributed by atoms with Crippen molar-refractivity contribution in [1.82, 2.24) is 14.9 Å². The van der Waals surface area contributed by atoms with Crippen LogP contribution in [0.2, 0.25) is 0 Å². The van der Waals surface area contributed by atoms with Gasteiger partial charge < -0.3 is 4.90 Å². The van der Waals surface area contributed by atoms with E-state index in [4.69, 9.17) is 0 Å². The van der Waals surface area contributed by atoms with Gasteiger partial charge in [-0.1, -0.05) is 6.92 Å². The first-order valence-corrected chi connectivity index (χ1v) is 7.12. The molecule has 3 rings (SSSR count). The Bertz CT molecular complexity index is 519. The van der Waals surface area contributed by atoms with Gasteiger partial charge in [0.2, 0.25) is 5.91 Å². The van der Waals surface area contributed by atoms with Crippen molar-refractivity contribution in [3.63, 3.8) is 0 Å². The summed E-state index contributed by atoms with van der Waals surface area (Å²) in [7, 11) is 0. The highest BCUT2D eigenvalue weighted by Crippen LogP contribution is 2.30. The molecule has 0 aliphatic carbocycles. The lowest BCUT2D eigenvalue weighted by molar-refractivity contribution is -0.148. The Balaban J connectivity index is 1.99. The van der Waals surface area contributed by atoms with Crippen molar-refractivity contribution in [2.24, 2.45) is 0 Å². The molecule has 106 valence electrons. The molecule has 2 fully saturated rings. The molecule has 20 heavy (non-hydrogen) atoms. The summed E-state index contributed by atoms with van der Waals surface area (Å²) in [5.74, 6) is 0.0617. The number of nitrogens with zero attached hydrogens (tertiary/aromatic N) is 4. The number of piperidine rings is 1. The second-order valence-electron chi connectivity index (χ2n) is 5.27. The third-order valence-corrected chi connectivity index (χ3v) is 4.12. The SMILES string of the molecule is CCC1C(=O)N2CCCCC2C(=O)N1c1cncnc1. The van der Waals surface area contributed by atoms with Gasteiger partial charge in [0.25, 0.3) is 5.91 Å². The van der Waals surface area contributed by atoms with Gasteiger partial charge in [-0.2, -0.15) is 0 Å². The number of hydrogen-bond donors (Lipinski definition) is 0. The Kier molecular flexibility index (Phi) is 3.38. The predicted octanol–water partition coefficient (Wildman–Crippen LogP) is 0.983. The van der Waals surface area contributed by atoms with Gasteiger partial charge in [0.1, 0.15) is 18.4 Å². The van der Waals surface area contributed by atoms with Gasteiger partial charge in [0.15, 0.2) is 0 Å². The van der Waals surface area contributed by atoms with E-state index in [9.17, 15) is 9.59 Å². The standard InChI is InChI=1S/C14H18N4O2/c1-2-11-13(19)17-6-4-3-5-12(17)14(20)18(11)10-7-15-9-16-8-10/h7-9,11-12H,2-6H2,1H3. The molecule has 6 nitrogen and oxygen atoms in total. The Morgan fingerprint density at radius 3 is 2.65 bits per heavy atom. The van der Waals surface area contributed by atoms with Crippen LogP contribution in [-0.4, -0.2) is 45.3 Å². The van der Waals surface area contributed by atoms with Crippen LogP contribution in [-0.2, 0) is 9.59 Å². The Morgan fingerprint density at radius 1 is 1.20 bits per heavy atom. The number of carbonyl (C=O) groups is 2. The van der Waals surface area contributed by atoms with Crippen LogP contribution in [0.5, 0.6) is 0 Å². The van der Waals surface area contributed by atoms with E-state index >= 15 is 0 Å². The van der Waals surface area contributed by atoms with Gasteiger partial charge >= 0.3 is 0 Å². The topological polar surface area (TPSA) is 66.4 Å². The molecule has 1 aromatic heterocycles. The zero-order chi connectivity index (χ0) is 14.1. The molecule has 2 aliphatic heterocycles. The molecule has 0 bridgehead atoms. The van der Waals surface area contributed by atoms with Crippen LogP contribution in [0.25, 0.3) is 0 Å². The third kappa shape index (κ3) is 1.95. The van der Waals surface area contributed by atoms with E-state index in [2.05, 4.69) is 9.97 Å². The Morgan fingerprint density at radius 2 is 1.95 bits per heavy atom. The van der Waals surface area contributed by atoms with E-state index < -0.39 is 6.04 Å². The summed E-state index contributed by atoms with van der Waals surface area (Å²) in [6.45, 7) is 2.63. The molecule has 2 aliphatic rings. The van der Waals surface area contributed by atoms with Gasteiger partial charge in [-0.25, -0.2) is 9.97 Å². The molecule has 3 heterocycles. The number of aromatic nitrogens is 2. The van der Waals surface area contributed by atoms with Gasteiger partial charge in [0, 0.05) is 6.54 Å². The summed E-state index contributed by atoms with van der Waals surface area (Å²) in [5.41, 5.74) is 0.614. The number of rotatable bonds is 2. The molecule has 0 saturated carbocycles. The van der Waals surface area contributed by atoms with Crippen molar-refractivity contribution in [2.75, 3.05) is 11.4 Å². The number of hydrogen-bond acceptors (Lipinski definition) is 4. The molecular weight excluding hydrogens is 256 g/mol. The summed E-state index contributed by atoms with van der Waals surface area (Å²) < 4.78 is 0. The van der Waals surface area contributed by atoms with Crippen LogP contribution < -0.4 is 4.90 Å². The second-order valence-corrected chi connectivity index (χ2v) is 5.27. The van der Waals surface area contributed by atoms with Crippen molar-refractivity contribution < 1.29 is 9.59 Å². The number of carbonyl (C=O) groups excluding carboxylic acids is 2. The third-order valence-electron chi connectivity index (χ3n) is 4.12. The van der Waals surface area contributed by atoms with Crippen LogP contribution in [0.4, 0.5) is 5.69 Å². The fraction of sp³-hybridized carbons (Fsp3) is 0.571. The van der Waals surface area contributed by atoms with Crippen LogP contribution >= 0.6 is 0 Å². The van der Waals surface area contributed by atoms with Gasteiger partial charge in [-0.15, -0.1) is 0 Å². The first-order chi connectivity index (χ1) is 9.74. The minimum Gasteiger partial charge on any atom is -0.329 e. The van der Waals surface area contributed by atoms with Crippen LogP contribution in [0, 0.1) is 0 Å². The highest BCUT2D eigenvalue weighted by Gasteiger charge is 2.46. The number of piperazine rings is 1. The molecule has 2 unspecified atom stereocenters. The number of amides is 2. The van der Waals surface area contributed by atoms with Crippen molar-refractivity contribution >= 4 is 17.5 Å². The van der Waals surface area contributed by atoms with E-state index in [1.807, 2.05) is 6.92 Å². The first-order valence-electron chi connectivity index (χ1n) is 7.12. The average Bonchev–Trinajstić information content (AvgIpc) is 2.51. The highest BCUT2D eigenvalue weighted by atomic mass is 16.2. The molecule has 6 heteroatoms. The lowest BCUT2D eigenvalue weighted by Gasteiger charge is -2.46. The maximum atomic E-state index is 12.8. The number of fused-ring (bicyclic) bond motifs is 1. The highest BCUT2D eigenvalue weighted by molar-refractivity contribution is 6.08. The normalized spacial score (nSPS) is 26.6. The average molecular weight is 274 g/mol. The van der Waals surface area contributed by atoms with Gasteiger partial charge in [0.05, 0.1) is 18.1 Å². The zero-order valence-corrected chi connectivity index (χ0v) is 11.5. The summed E-state index contributed by atoms with van der Waals surface area (Å²) in [6.07, 6.45) is 7.96. The van der Waals surface area contributed by atoms with Gasteiger partial charge in [-0.05, 0) is 25.7 Å². The molecule has 1 aromatic rings. The Labute approximate surface area is 117 Å². The maximum absolute atomic E-state index is 12.8. The second kappa shape index (κ2) is 5.19. The molecule has 2 atom stereocenters. The van der Waals surface area contributed by atoms with Crippen LogP contribution in [0.1, 0.15) is 32.6 Å². The lowest BCUT2D eigenvalue weighted by Crippen LogP contribution is -2.66. The molecule has 2 amide bonds. The van der Waals surface area contributed by atoms with E-state index in [1.54, 1.807) is 22.2 Å². The molecular formula is C14H18N4O2. The van der Waals surface area contributed by atoms with E-state index in [0.717, 1.165) is 19.3 Å². The molecule has 0 N–H and O–H groups in total. The van der Waals surface area contributed by atoms with E-state index in [0.29, 0.717) is 18.7 Å². The van der Waals surface area contributed by atoms with Crippen molar-refractivity contribution in [3.8, 4) is 0 Å². The van der Waals surface area contributed by atoms with E-state index in [1.165, 1.54) is 6.33 Å². The largest absolute Gasteiger partial charge is 0.329 e.